The summed E-state index contributed by atoms with van der Waals surface area (Å²) in [6, 6.07) is 10.1. The van der Waals surface area contributed by atoms with E-state index in [1.54, 1.807) is 6.07 Å². The highest BCUT2D eigenvalue weighted by molar-refractivity contribution is 7.89. The molecule has 0 amide bonds. The van der Waals surface area contributed by atoms with Crippen molar-refractivity contribution in [2.24, 2.45) is 0 Å². The number of non-ortho nitro benzene ring substituents is 1. The van der Waals surface area contributed by atoms with Gasteiger partial charge in [-0.15, -0.1) is 0 Å². The Morgan fingerprint density at radius 1 is 1.21 bits per heavy atom. The fraction of sp³-hybridized carbons (Fsp3) is 0.250. The van der Waals surface area contributed by atoms with E-state index in [0.29, 0.717) is 12.1 Å². The molecule has 1 aliphatic rings. The first kappa shape index (κ1) is 16.4. The molecule has 0 aliphatic heterocycles. The number of nitro benzene ring substituents is 1. The van der Waals surface area contributed by atoms with Crippen LogP contribution in [0.15, 0.2) is 47.4 Å². The minimum atomic E-state index is -3.85. The molecule has 3 rings (SSSR count). The lowest BCUT2D eigenvalue weighted by Crippen LogP contribution is -2.31. The lowest BCUT2D eigenvalue weighted by Gasteiger charge is -2.26. The van der Waals surface area contributed by atoms with E-state index >= 15 is 0 Å². The highest BCUT2D eigenvalue weighted by Gasteiger charge is 2.26. The highest BCUT2D eigenvalue weighted by atomic mass is 32.2. The molecule has 0 spiro atoms. The van der Waals surface area contributed by atoms with Gasteiger partial charge in [0.15, 0.2) is 0 Å². The summed E-state index contributed by atoms with van der Waals surface area (Å²) in [5.41, 5.74) is 8.12. The van der Waals surface area contributed by atoms with Crippen LogP contribution in [0.2, 0.25) is 0 Å². The summed E-state index contributed by atoms with van der Waals surface area (Å²) in [6.07, 6.45) is 2.37. The van der Waals surface area contributed by atoms with Gasteiger partial charge in [0.25, 0.3) is 5.69 Å². The van der Waals surface area contributed by atoms with Gasteiger partial charge in [-0.2, -0.15) is 0 Å². The molecule has 1 aliphatic carbocycles. The highest BCUT2D eigenvalue weighted by Crippen LogP contribution is 2.32. The Kier molecular flexibility index (Phi) is 4.25. The van der Waals surface area contributed by atoms with E-state index in [1.807, 2.05) is 12.1 Å². The topological polar surface area (TPSA) is 115 Å². The molecule has 3 N–H and O–H groups in total. The van der Waals surface area contributed by atoms with Gasteiger partial charge < -0.3 is 5.73 Å². The van der Waals surface area contributed by atoms with Crippen LogP contribution in [0, 0.1) is 10.1 Å². The van der Waals surface area contributed by atoms with Gasteiger partial charge in [0, 0.05) is 23.9 Å². The Labute approximate surface area is 139 Å². The maximum absolute atomic E-state index is 12.6. The number of nitrogens with zero attached hydrogens (tertiary/aromatic N) is 1. The van der Waals surface area contributed by atoms with Gasteiger partial charge in [-0.05, 0) is 48.6 Å². The van der Waals surface area contributed by atoms with Gasteiger partial charge in [0.05, 0.1) is 9.82 Å². The third-order valence-corrected chi connectivity index (χ3v) is 5.59. The SMILES string of the molecule is Nc1ccc2c(c1)CCCC2NS(=O)(=O)c1cccc([N+](=O)[O-])c1. The molecule has 126 valence electrons. The summed E-state index contributed by atoms with van der Waals surface area (Å²) >= 11 is 0. The number of aryl methyl sites for hydroxylation is 1. The number of hydrogen-bond donors (Lipinski definition) is 2. The van der Waals surface area contributed by atoms with Crippen LogP contribution in [-0.4, -0.2) is 13.3 Å². The van der Waals surface area contributed by atoms with Crippen LogP contribution in [0.1, 0.15) is 30.0 Å². The second-order valence-electron chi connectivity index (χ2n) is 5.78. The molecule has 1 atom stereocenters. The van der Waals surface area contributed by atoms with Crippen LogP contribution in [0.4, 0.5) is 11.4 Å². The van der Waals surface area contributed by atoms with Crippen molar-refractivity contribution in [1.29, 1.82) is 0 Å². The summed E-state index contributed by atoms with van der Waals surface area (Å²) in [5.74, 6) is 0. The summed E-state index contributed by atoms with van der Waals surface area (Å²) < 4.78 is 27.8. The van der Waals surface area contributed by atoms with Gasteiger partial charge in [0.2, 0.25) is 10.0 Å². The first-order valence-electron chi connectivity index (χ1n) is 7.52. The van der Waals surface area contributed by atoms with Crippen LogP contribution >= 0.6 is 0 Å². The van der Waals surface area contributed by atoms with Gasteiger partial charge in [-0.25, -0.2) is 13.1 Å². The number of nitrogen functional groups attached to an aromatic ring is 1. The van der Waals surface area contributed by atoms with Crippen molar-refractivity contribution in [1.82, 2.24) is 4.72 Å². The maximum atomic E-state index is 12.6. The molecular weight excluding hydrogens is 330 g/mol. The zero-order chi connectivity index (χ0) is 17.3. The van der Waals surface area contributed by atoms with Crippen LogP contribution < -0.4 is 10.5 Å². The largest absolute Gasteiger partial charge is 0.399 e. The van der Waals surface area contributed by atoms with Crippen LogP contribution in [0.3, 0.4) is 0 Å². The molecule has 2 aromatic rings. The molecule has 0 saturated heterocycles. The predicted molar refractivity (Wildman–Crippen MR) is 90.0 cm³/mol. The maximum Gasteiger partial charge on any atom is 0.270 e. The molecule has 2 aromatic carbocycles. The van der Waals surface area contributed by atoms with Gasteiger partial charge in [0.1, 0.15) is 0 Å². The van der Waals surface area contributed by atoms with Crippen molar-refractivity contribution in [3.63, 3.8) is 0 Å². The molecule has 0 aromatic heterocycles. The first-order chi connectivity index (χ1) is 11.4. The average molecular weight is 347 g/mol. The normalized spacial score (nSPS) is 17.2. The number of rotatable bonds is 4. The Balaban J connectivity index is 1.91. The van der Waals surface area contributed by atoms with Gasteiger partial charge in [-0.1, -0.05) is 12.1 Å². The fourth-order valence-corrected chi connectivity index (χ4v) is 4.27. The van der Waals surface area contributed by atoms with E-state index in [-0.39, 0.29) is 16.6 Å². The summed E-state index contributed by atoms with van der Waals surface area (Å²) in [4.78, 5) is 10.1. The number of nitro groups is 1. The third-order valence-electron chi connectivity index (χ3n) is 4.12. The fourth-order valence-electron chi connectivity index (χ4n) is 2.98. The van der Waals surface area contributed by atoms with Crippen LogP contribution in [-0.2, 0) is 16.4 Å². The number of hydrogen-bond acceptors (Lipinski definition) is 5. The number of nitrogens with two attached hydrogens (primary N) is 1. The second-order valence-corrected chi connectivity index (χ2v) is 7.49. The molecule has 0 radical (unpaired) electrons. The van der Waals surface area contributed by atoms with Crippen LogP contribution in [0.5, 0.6) is 0 Å². The second kappa shape index (κ2) is 6.21. The van der Waals surface area contributed by atoms with Crippen molar-refractivity contribution in [3.05, 3.63) is 63.7 Å². The monoisotopic (exact) mass is 347 g/mol. The summed E-state index contributed by atoms with van der Waals surface area (Å²) in [5, 5.41) is 10.8. The van der Waals surface area contributed by atoms with Gasteiger partial charge in [-0.3, -0.25) is 10.1 Å². The molecule has 0 heterocycles. The molecule has 8 heteroatoms. The number of sulfonamides is 1. The number of anilines is 1. The van der Waals surface area contributed by atoms with E-state index in [9.17, 15) is 18.5 Å². The quantitative estimate of drug-likeness (QED) is 0.501. The molecule has 24 heavy (non-hydrogen) atoms. The molecule has 0 fully saturated rings. The lowest BCUT2D eigenvalue weighted by atomic mass is 9.88. The van der Waals surface area contributed by atoms with Gasteiger partial charge >= 0.3 is 0 Å². The number of nitrogens with one attached hydrogen (secondary N) is 1. The number of fused-ring (bicyclic) bond motifs is 1. The van der Waals surface area contributed by atoms with Crippen molar-refractivity contribution < 1.29 is 13.3 Å². The lowest BCUT2D eigenvalue weighted by molar-refractivity contribution is -0.385. The van der Waals surface area contributed by atoms with E-state index in [1.165, 1.54) is 18.2 Å². The minimum Gasteiger partial charge on any atom is -0.399 e. The molecule has 0 bridgehead atoms. The Bertz CT molecular complexity index is 896. The Morgan fingerprint density at radius 3 is 2.75 bits per heavy atom. The predicted octanol–water partition coefficient (Wildman–Crippen LogP) is 2.53. The smallest absolute Gasteiger partial charge is 0.270 e. The van der Waals surface area contributed by atoms with Crippen molar-refractivity contribution in [2.75, 3.05) is 5.73 Å². The van der Waals surface area contributed by atoms with Crippen molar-refractivity contribution in [2.45, 2.75) is 30.2 Å². The summed E-state index contributed by atoms with van der Waals surface area (Å²) in [7, 11) is -3.85. The molecular formula is C16H17N3O4S. The standard InChI is InChI=1S/C16H17N3O4S/c17-12-7-8-15-11(9-12)3-1-6-16(15)18-24(22,23)14-5-2-4-13(10-14)19(20)21/h2,4-5,7-10,16,18H,1,3,6,17H2. The van der Waals surface area contributed by atoms with E-state index in [0.717, 1.165) is 30.0 Å². The molecule has 0 saturated carbocycles. The van der Waals surface area contributed by atoms with E-state index in [4.69, 9.17) is 5.73 Å². The zero-order valence-electron chi connectivity index (χ0n) is 12.8. The van der Waals surface area contributed by atoms with E-state index in [2.05, 4.69) is 4.72 Å². The Morgan fingerprint density at radius 2 is 2.00 bits per heavy atom. The zero-order valence-corrected chi connectivity index (χ0v) is 13.6. The van der Waals surface area contributed by atoms with Crippen molar-refractivity contribution in [3.8, 4) is 0 Å². The van der Waals surface area contributed by atoms with Crippen molar-refractivity contribution >= 4 is 21.4 Å². The summed E-state index contributed by atoms with van der Waals surface area (Å²) in [6.45, 7) is 0. The average Bonchev–Trinajstić information content (AvgIpc) is 2.54. The third kappa shape index (κ3) is 3.24. The minimum absolute atomic E-state index is 0.112. The van der Waals surface area contributed by atoms with E-state index < -0.39 is 14.9 Å². The Hall–Kier alpha value is -2.45. The molecule has 7 nitrogen and oxygen atoms in total. The first-order valence-corrected chi connectivity index (χ1v) is 9.00. The molecule has 1 unspecified atom stereocenters. The number of benzene rings is 2. The van der Waals surface area contributed by atoms with Crippen LogP contribution in [0.25, 0.3) is 0 Å².